The van der Waals surface area contributed by atoms with Crippen LogP contribution < -0.4 is 4.90 Å². The molecule has 1 aliphatic rings. The number of aryl methyl sites for hydroxylation is 1. The minimum Gasteiger partial charge on any atom is -0.363 e. The molecule has 9 nitrogen and oxygen atoms in total. The fraction of sp³-hybridized carbons (Fsp3) is 0.250. The van der Waals surface area contributed by atoms with Gasteiger partial charge in [-0.1, -0.05) is 65.3 Å². The third kappa shape index (κ3) is 5.12. The minimum atomic E-state index is -0.419. The van der Waals surface area contributed by atoms with Gasteiger partial charge in [0.05, 0.1) is 11.0 Å². The van der Waals surface area contributed by atoms with Gasteiger partial charge in [0.1, 0.15) is 5.69 Å². The first-order valence-electron chi connectivity index (χ1n) is 12.2. The zero-order valence-corrected chi connectivity index (χ0v) is 20.7. The molecule has 0 radical (unpaired) electrons. The van der Waals surface area contributed by atoms with E-state index in [2.05, 4.69) is 15.0 Å². The van der Waals surface area contributed by atoms with Crippen LogP contribution in [-0.4, -0.2) is 51.9 Å². The normalized spacial score (nSPS) is 14.9. The van der Waals surface area contributed by atoms with Gasteiger partial charge in [0.15, 0.2) is 5.78 Å². The number of hydrogen-bond acceptors (Lipinski definition) is 8. The molecule has 1 saturated heterocycles. The third-order valence-corrected chi connectivity index (χ3v) is 6.78. The van der Waals surface area contributed by atoms with Crippen LogP contribution in [0.4, 0.5) is 11.4 Å². The van der Waals surface area contributed by atoms with Gasteiger partial charge in [-0.05, 0) is 26.0 Å². The van der Waals surface area contributed by atoms with Crippen LogP contribution in [-0.2, 0) is 0 Å². The Hall–Kier alpha value is -4.37. The Labute approximate surface area is 214 Å². The molecular formula is C28H27N5O4. The second-order valence-corrected chi connectivity index (χ2v) is 9.18. The first-order valence-corrected chi connectivity index (χ1v) is 12.2. The number of nitrogens with zero attached hydrogens (tertiary/aromatic N) is 5. The van der Waals surface area contributed by atoms with Gasteiger partial charge in [0, 0.05) is 48.9 Å². The summed E-state index contributed by atoms with van der Waals surface area (Å²) >= 11 is 0. The minimum absolute atomic E-state index is 0.0667. The maximum Gasteiger partial charge on any atom is 0.293 e. The fourth-order valence-corrected chi connectivity index (χ4v) is 4.57. The first kappa shape index (κ1) is 24.3. The molecule has 4 aromatic rings. The van der Waals surface area contributed by atoms with Gasteiger partial charge in [0.2, 0.25) is 11.7 Å². The Morgan fingerprint density at radius 3 is 2.35 bits per heavy atom. The number of carbonyl (C=O) groups excluding carboxylic acids is 1. The molecule has 0 saturated carbocycles. The lowest BCUT2D eigenvalue weighted by molar-refractivity contribution is -0.384. The van der Waals surface area contributed by atoms with Crippen molar-refractivity contribution in [1.29, 1.82) is 0 Å². The van der Waals surface area contributed by atoms with Gasteiger partial charge in [-0.15, -0.1) is 0 Å². The highest BCUT2D eigenvalue weighted by atomic mass is 16.6. The molecule has 1 aromatic heterocycles. The molecule has 1 atom stereocenters. The smallest absolute Gasteiger partial charge is 0.293 e. The van der Waals surface area contributed by atoms with Crippen molar-refractivity contribution in [2.75, 3.05) is 31.1 Å². The molecule has 2 heterocycles. The SMILES string of the molecule is Cc1ccc(-c2noc([C@@H](C)N3CCN(c4ccc(C(=O)c5ccccc5)cc4[N+](=O)[O-])CC3)n2)cc1. The highest BCUT2D eigenvalue weighted by Gasteiger charge is 2.29. The van der Waals surface area contributed by atoms with Crippen LogP contribution >= 0.6 is 0 Å². The van der Waals surface area contributed by atoms with Crippen LogP contribution in [0.1, 0.15) is 40.3 Å². The second-order valence-electron chi connectivity index (χ2n) is 9.18. The Bertz CT molecular complexity index is 1410. The summed E-state index contributed by atoms with van der Waals surface area (Å²) in [5.41, 5.74) is 3.31. The van der Waals surface area contributed by atoms with Crippen LogP contribution in [0.15, 0.2) is 77.3 Å². The van der Waals surface area contributed by atoms with E-state index in [0.29, 0.717) is 54.7 Å². The summed E-state index contributed by atoms with van der Waals surface area (Å²) in [5, 5.41) is 16.0. The molecule has 0 aliphatic carbocycles. The van der Waals surface area contributed by atoms with Crippen molar-refractivity contribution in [2.45, 2.75) is 19.9 Å². The number of rotatable bonds is 7. The van der Waals surface area contributed by atoms with Gasteiger partial charge >= 0.3 is 0 Å². The highest BCUT2D eigenvalue weighted by molar-refractivity contribution is 6.09. The molecule has 3 aromatic carbocycles. The summed E-state index contributed by atoms with van der Waals surface area (Å²) in [6.07, 6.45) is 0. The average molecular weight is 498 g/mol. The summed E-state index contributed by atoms with van der Waals surface area (Å²) in [6.45, 7) is 6.58. The number of benzene rings is 3. The molecule has 0 amide bonds. The van der Waals surface area contributed by atoms with Crippen LogP contribution in [0.25, 0.3) is 11.4 Å². The number of carbonyl (C=O) groups is 1. The van der Waals surface area contributed by atoms with Crippen molar-refractivity contribution in [3.8, 4) is 11.4 Å². The fourth-order valence-electron chi connectivity index (χ4n) is 4.57. The maximum atomic E-state index is 12.8. The predicted octanol–water partition coefficient (Wildman–Crippen LogP) is 5.07. The first-order chi connectivity index (χ1) is 17.9. The largest absolute Gasteiger partial charge is 0.363 e. The lowest BCUT2D eigenvalue weighted by atomic mass is 10.0. The van der Waals surface area contributed by atoms with Crippen molar-refractivity contribution in [2.24, 2.45) is 0 Å². The number of nitro groups is 1. The predicted molar refractivity (Wildman–Crippen MR) is 140 cm³/mol. The van der Waals surface area contributed by atoms with Gasteiger partial charge in [-0.2, -0.15) is 4.98 Å². The van der Waals surface area contributed by atoms with E-state index in [-0.39, 0.29) is 17.5 Å². The molecular weight excluding hydrogens is 470 g/mol. The Kier molecular flexibility index (Phi) is 6.78. The quantitative estimate of drug-likeness (QED) is 0.198. The van der Waals surface area contributed by atoms with E-state index in [1.807, 2.05) is 49.1 Å². The van der Waals surface area contributed by atoms with Crippen LogP contribution in [0.3, 0.4) is 0 Å². The highest BCUT2D eigenvalue weighted by Crippen LogP contribution is 2.32. The average Bonchev–Trinajstić information content (AvgIpc) is 3.43. The molecule has 9 heteroatoms. The number of hydrogen-bond donors (Lipinski definition) is 0. The van der Waals surface area contributed by atoms with Gasteiger partial charge < -0.3 is 9.42 Å². The molecule has 0 spiro atoms. The summed E-state index contributed by atoms with van der Waals surface area (Å²) in [7, 11) is 0. The monoisotopic (exact) mass is 497 g/mol. The summed E-state index contributed by atoms with van der Waals surface area (Å²) < 4.78 is 5.56. The molecule has 1 aliphatic heterocycles. The Morgan fingerprint density at radius 1 is 0.973 bits per heavy atom. The van der Waals surface area contributed by atoms with Crippen molar-refractivity contribution in [1.82, 2.24) is 15.0 Å². The Balaban J connectivity index is 1.28. The van der Waals surface area contributed by atoms with E-state index in [4.69, 9.17) is 4.52 Å². The zero-order valence-electron chi connectivity index (χ0n) is 20.7. The summed E-state index contributed by atoms with van der Waals surface area (Å²) in [6, 6.07) is 21.4. The number of nitro benzene ring substituents is 1. The zero-order chi connectivity index (χ0) is 25.9. The molecule has 37 heavy (non-hydrogen) atoms. The second kappa shape index (κ2) is 10.3. The number of ketones is 1. The number of piperazine rings is 1. The lowest BCUT2D eigenvalue weighted by Crippen LogP contribution is -2.47. The van der Waals surface area contributed by atoms with E-state index in [0.717, 1.165) is 11.1 Å². The van der Waals surface area contributed by atoms with Gasteiger partial charge in [-0.25, -0.2) is 0 Å². The van der Waals surface area contributed by atoms with E-state index in [1.165, 1.54) is 6.07 Å². The van der Waals surface area contributed by atoms with Crippen LogP contribution in [0.2, 0.25) is 0 Å². The topological polar surface area (TPSA) is 106 Å². The van der Waals surface area contributed by atoms with Gasteiger partial charge in [-0.3, -0.25) is 19.8 Å². The van der Waals surface area contributed by atoms with E-state index in [1.54, 1.807) is 36.4 Å². The molecule has 0 N–H and O–H groups in total. The van der Waals surface area contributed by atoms with Crippen LogP contribution in [0.5, 0.6) is 0 Å². The molecule has 1 fully saturated rings. The Morgan fingerprint density at radius 2 is 1.68 bits per heavy atom. The molecule has 188 valence electrons. The number of aromatic nitrogens is 2. The van der Waals surface area contributed by atoms with Crippen molar-refractivity contribution < 1.29 is 14.2 Å². The summed E-state index contributed by atoms with van der Waals surface area (Å²) in [4.78, 5) is 33.1. The molecule has 5 rings (SSSR count). The third-order valence-electron chi connectivity index (χ3n) is 6.78. The maximum absolute atomic E-state index is 12.8. The molecule has 0 unspecified atom stereocenters. The van der Waals surface area contributed by atoms with Crippen LogP contribution in [0, 0.1) is 17.0 Å². The van der Waals surface area contributed by atoms with E-state index >= 15 is 0 Å². The van der Waals surface area contributed by atoms with Crippen molar-refractivity contribution in [3.63, 3.8) is 0 Å². The van der Waals surface area contributed by atoms with E-state index in [9.17, 15) is 14.9 Å². The van der Waals surface area contributed by atoms with E-state index < -0.39 is 4.92 Å². The van der Waals surface area contributed by atoms with Gasteiger partial charge in [0.25, 0.3) is 5.69 Å². The van der Waals surface area contributed by atoms with Crippen molar-refractivity contribution in [3.05, 3.63) is 105 Å². The summed E-state index contributed by atoms with van der Waals surface area (Å²) in [5.74, 6) is 0.860. The standard InChI is InChI=1S/C28H27N5O4/c1-19-8-10-22(11-9-19)27-29-28(37-30-27)20(2)31-14-16-32(17-15-31)24-13-12-23(18-25(24)33(35)36)26(34)21-6-4-3-5-7-21/h3-13,18,20H,14-17H2,1-2H3/t20-/m1/s1. The lowest BCUT2D eigenvalue weighted by Gasteiger charge is -2.37. The molecule has 0 bridgehead atoms. The van der Waals surface area contributed by atoms with Crippen molar-refractivity contribution >= 4 is 17.2 Å². The number of anilines is 1.